The summed E-state index contributed by atoms with van der Waals surface area (Å²) < 4.78 is 27.9. The minimum atomic E-state index is -2.90. The number of unbranched alkanes of at least 4 members (excludes halogenated alkanes) is 3. The molecule has 19 heavy (non-hydrogen) atoms. The number of hydrogen-bond acceptors (Lipinski definition) is 5. The van der Waals surface area contributed by atoms with Crippen LogP contribution >= 0.6 is 0 Å². The van der Waals surface area contributed by atoms with Gasteiger partial charge < -0.3 is 4.74 Å². The van der Waals surface area contributed by atoms with Crippen molar-refractivity contribution in [2.75, 3.05) is 31.7 Å². The molecule has 0 aromatic heterocycles. The van der Waals surface area contributed by atoms with Crippen LogP contribution in [0.25, 0.3) is 0 Å². The lowest BCUT2D eigenvalue weighted by Crippen LogP contribution is -2.37. The molecule has 0 aromatic carbocycles. The summed E-state index contributed by atoms with van der Waals surface area (Å²) in [7, 11) is -1.12. The fraction of sp³-hybridized carbons (Fsp3) is 0.923. The zero-order chi connectivity index (χ0) is 14.3. The smallest absolute Gasteiger partial charge is 0.320 e. The van der Waals surface area contributed by atoms with Gasteiger partial charge in [0.2, 0.25) is 0 Å². The molecule has 0 amide bonds. The minimum absolute atomic E-state index is 0.0439. The van der Waals surface area contributed by atoms with Gasteiger partial charge in [0.15, 0.2) is 9.84 Å². The molecule has 1 saturated heterocycles. The highest BCUT2D eigenvalue weighted by atomic mass is 32.2. The summed E-state index contributed by atoms with van der Waals surface area (Å²) in [6.07, 6.45) is 4.93. The molecule has 112 valence electrons. The Balaban J connectivity index is 2.18. The zero-order valence-electron chi connectivity index (χ0n) is 11.9. The van der Waals surface area contributed by atoms with Gasteiger partial charge in [-0.3, -0.25) is 9.69 Å². The number of esters is 1. The lowest BCUT2D eigenvalue weighted by atomic mass is 10.2. The molecule has 1 atom stereocenters. The van der Waals surface area contributed by atoms with Gasteiger partial charge in [-0.2, -0.15) is 0 Å². The van der Waals surface area contributed by atoms with Crippen LogP contribution in [0.2, 0.25) is 0 Å². The number of nitrogens with zero attached hydrogens (tertiary/aromatic N) is 1. The summed E-state index contributed by atoms with van der Waals surface area (Å²) in [5.41, 5.74) is 0. The van der Waals surface area contributed by atoms with Crippen LogP contribution in [0.3, 0.4) is 0 Å². The average molecular weight is 291 g/mol. The maximum Gasteiger partial charge on any atom is 0.320 e. The van der Waals surface area contributed by atoms with Crippen molar-refractivity contribution >= 4 is 15.8 Å². The van der Waals surface area contributed by atoms with Gasteiger partial charge in [0.1, 0.15) is 0 Å². The molecule has 5 nitrogen and oxygen atoms in total. The largest absolute Gasteiger partial charge is 0.465 e. The molecule has 1 heterocycles. The van der Waals surface area contributed by atoms with E-state index in [-0.39, 0.29) is 30.1 Å². The number of carbonyl (C=O) groups excluding carboxylic acids is 1. The summed E-state index contributed by atoms with van der Waals surface area (Å²) in [6.45, 7) is 2.78. The maximum atomic E-state index is 11.6. The van der Waals surface area contributed by atoms with Crippen LogP contribution in [0.15, 0.2) is 0 Å². The monoisotopic (exact) mass is 291 g/mol. The summed E-state index contributed by atoms with van der Waals surface area (Å²) in [5.74, 6) is 0.129. The Bertz CT molecular complexity index is 380. The molecule has 1 rings (SSSR count). The van der Waals surface area contributed by atoms with E-state index in [1.807, 2.05) is 0 Å². The Morgan fingerprint density at radius 1 is 1.32 bits per heavy atom. The topological polar surface area (TPSA) is 63.7 Å². The van der Waals surface area contributed by atoms with Crippen molar-refractivity contribution in [3.63, 3.8) is 0 Å². The summed E-state index contributed by atoms with van der Waals surface area (Å²) in [6, 6.07) is -0.0439. The third-order valence-electron chi connectivity index (χ3n) is 3.47. The van der Waals surface area contributed by atoms with Gasteiger partial charge >= 0.3 is 5.97 Å². The number of carbonyl (C=O) groups is 1. The number of likely N-dealkylation sites (N-methyl/N-ethyl adjacent to an activating group) is 1. The highest BCUT2D eigenvalue weighted by Crippen LogP contribution is 2.16. The third kappa shape index (κ3) is 6.38. The molecule has 0 unspecified atom stereocenters. The predicted octanol–water partition coefficient (Wildman–Crippen LogP) is 1.23. The van der Waals surface area contributed by atoms with E-state index in [4.69, 9.17) is 4.74 Å². The number of rotatable bonds is 8. The number of ether oxygens (including phenoxy) is 1. The van der Waals surface area contributed by atoms with Crippen LogP contribution in [0.5, 0.6) is 0 Å². The molecule has 0 N–H and O–H groups in total. The molecule has 0 saturated carbocycles. The predicted molar refractivity (Wildman–Crippen MR) is 74.8 cm³/mol. The van der Waals surface area contributed by atoms with Gasteiger partial charge in [0.05, 0.1) is 24.7 Å². The van der Waals surface area contributed by atoms with Crippen LogP contribution in [0.4, 0.5) is 0 Å². The Morgan fingerprint density at radius 2 is 2.05 bits per heavy atom. The van der Waals surface area contributed by atoms with Crippen molar-refractivity contribution in [3.8, 4) is 0 Å². The second-order valence-corrected chi connectivity index (χ2v) is 7.48. The van der Waals surface area contributed by atoms with Crippen LogP contribution in [0, 0.1) is 0 Å². The van der Waals surface area contributed by atoms with Gasteiger partial charge in [0, 0.05) is 6.04 Å². The van der Waals surface area contributed by atoms with Crippen LogP contribution < -0.4 is 0 Å². The Hall–Kier alpha value is -0.620. The molecule has 1 fully saturated rings. The highest BCUT2D eigenvalue weighted by Gasteiger charge is 2.31. The van der Waals surface area contributed by atoms with E-state index < -0.39 is 9.84 Å². The van der Waals surface area contributed by atoms with E-state index in [0.29, 0.717) is 13.0 Å². The minimum Gasteiger partial charge on any atom is -0.465 e. The standard InChI is InChI=1S/C13H25NO4S/c1-3-4-5-6-8-18-13(15)10-14(2)12-7-9-19(16,17)11-12/h12H,3-11H2,1-2H3/t12-/m1/s1. The molecule has 6 heteroatoms. The van der Waals surface area contributed by atoms with Crippen molar-refractivity contribution in [1.29, 1.82) is 0 Å². The lowest BCUT2D eigenvalue weighted by Gasteiger charge is -2.21. The molecule has 0 bridgehead atoms. The first-order valence-electron chi connectivity index (χ1n) is 7.01. The van der Waals surface area contributed by atoms with Crippen molar-refractivity contribution in [1.82, 2.24) is 4.90 Å². The summed E-state index contributed by atoms with van der Waals surface area (Å²) in [4.78, 5) is 13.4. The number of sulfone groups is 1. The van der Waals surface area contributed by atoms with E-state index in [1.165, 1.54) is 0 Å². The van der Waals surface area contributed by atoms with Gasteiger partial charge in [0.25, 0.3) is 0 Å². The normalized spacial score (nSPS) is 21.7. The lowest BCUT2D eigenvalue weighted by molar-refractivity contribution is -0.145. The molecule has 0 spiro atoms. The maximum absolute atomic E-state index is 11.6. The molecule has 0 radical (unpaired) electrons. The van der Waals surface area contributed by atoms with Crippen molar-refractivity contribution in [3.05, 3.63) is 0 Å². The van der Waals surface area contributed by atoms with E-state index in [1.54, 1.807) is 11.9 Å². The van der Waals surface area contributed by atoms with Gasteiger partial charge in [-0.15, -0.1) is 0 Å². The van der Waals surface area contributed by atoms with Gasteiger partial charge in [-0.05, 0) is 19.9 Å². The Morgan fingerprint density at radius 3 is 2.63 bits per heavy atom. The first kappa shape index (κ1) is 16.4. The van der Waals surface area contributed by atoms with Gasteiger partial charge in [-0.1, -0.05) is 26.2 Å². The molecule has 1 aliphatic heterocycles. The third-order valence-corrected chi connectivity index (χ3v) is 5.22. The van der Waals surface area contributed by atoms with E-state index in [2.05, 4.69) is 6.92 Å². The van der Waals surface area contributed by atoms with Crippen molar-refractivity contribution in [2.45, 2.75) is 45.1 Å². The molecule has 0 aliphatic carbocycles. The zero-order valence-corrected chi connectivity index (χ0v) is 12.7. The Kier molecular flexibility index (Phi) is 6.79. The molecule has 0 aromatic rings. The highest BCUT2D eigenvalue weighted by molar-refractivity contribution is 7.91. The second kappa shape index (κ2) is 7.85. The fourth-order valence-corrected chi connectivity index (χ4v) is 4.02. The average Bonchev–Trinajstić information content (AvgIpc) is 2.69. The first-order valence-corrected chi connectivity index (χ1v) is 8.83. The number of hydrogen-bond donors (Lipinski definition) is 0. The van der Waals surface area contributed by atoms with Gasteiger partial charge in [-0.25, -0.2) is 8.42 Å². The van der Waals surface area contributed by atoms with E-state index in [0.717, 1.165) is 25.7 Å². The first-order chi connectivity index (χ1) is 8.94. The molecular formula is C13H25NO4S. The van der Waals surface area contributed by atoms with Crippen LogP contribution in [-0.2, 0) is 19.4 Å². The summed E-state index contributed by atoms with van der Waals surface area (Å²) in [5, 5.41) is 0. The SMILES string of the molecule is CCCCCCOC(=O)CN(C)[C@@H]1CCS(=O)(=O)C1. The van der Waals surface area contributed by atoms with Crippen molar-refractivity contribution < 1.29 is 17.9 Å². The summed E-state index contributed by atoms with van der Waals surface area (Å²) >= 11 is 0. The molecule has 1 aliphatic rings. The van der Waals surface area contributed by atoms with Crippen molar-refractivity contribution in [2.24, 2.45) is 0 Å². The van der Waals surface area contributed by atoms with Crippen LogP contribution in [-0.4, -0.2) is 57.0 Å². The van der Waals surface area contributed by atoms with E-state index in [9.17, 15) is 13.2 Å². The Labute approximate surface area is 116 Å². The van der Waals surface area contributed by atoms with E-state index >= 15 is 0 Å². The quantitative estimate of drug-likeness (QED) is 0.497. The second-order valence-electron chi connectivity index (χ2n) is 5.25. The fourth-order valence-electron chi connectivity index (χ4n) is 2.22. The van der Waals surface area contributed by atoms with Crippen LogP contribution in [0.1, 0.15) is 39.0 Å². The molecular weight excluding hydrogens is 266 g/mol.